The van der Waals surface area contributed by atoms with Crippen LogP contribution in [0.4, 0.5) is 5.82 Å². The Morgan fingerprint density at radius 3 is 2.68 bits per heavy atom. The highest BCUT2D eigenvalue weighted by Gasteiger charge is 2.23. The number of nitrogen functional groups attached to an aromatic ring is 1. The van der Waals surface area contributed by atoms with E-state index in [1.165, 1.54) is 12.8 Å². The number of benzene rings is 2. The topological polar surface area (TPSA) is 60.2 Å². The predicted octanol–water partition coefficient (Wildman–Crippen LogP) is 4.00. The molecule has 1 aliphatic heterocycles. The fourth-order valence-electron chi connectivity index (χ4n) is 3.59. The highest BCUT2D eigenvalue weighted by Crippen LogP contribution is 2.34. The van der Waals surface area contributed by atoms with Gasteiger partial charge in [0.2, 0.25) is 0 Å². The summed E-state index contributed by atoms with van der Waals surface area (Å²) in [5, 5.41) is 5.75. The van der Waals surface area contributed by atoms with E-state index in [9.17, 15) is 0 Å². The van der Waals surface area contributed by atoms with Gasteiger partial charge in [-0.2, -0.15) is 0 Å². The van der Waals surface area contributed by atoms with Gasteiger partial charge in [-0.05, 0) is 56.0 Å². The number of fused-ring (bicyclic) bond motifs is 1. The number of nitrogens with one attached hydrogen (secondary N) is 1. The molecule has 4 nitrogen and oxygen atoms in total. The van der Waals surface area contributed by atoms with Gasteiger partial charge in [-0.1, -0.05) is 30.3 Å². The normalized spacial score (nSPS) is 18.4. The summed E-state index contributed by atoms with van der Waals surface area (Å²) in [4.78, 5) is 4.47. The number of pyridine rings is 1. The first-order valence-electron chi connectivity index (χ1n) is 8.87. The second kappa shape index (κ2) is 6.73. The monoisotopic (exact) mass is 333 g/mol. The second-order valence-electron chi connectivity index (χ2n) is 6.63. The van der Waals surface area contributed by atoms with Crippen molar-refractivity contribution in [3.63, 3.8) is 0 Å². The summed E-state index contributed by atoms with van der Waals surface area (Å²) in [5.41, 5.74) is 7.82. The number of nitrogens with two attached hydrogens (primary N) is 1. The maximum Gasteiger partial charge on any atom is 0.127 e. The largest absolute Gasteiger partial charge is 0.488 e. The lowest BCUT2D eigenvalue weighted by molar-refractivity contribution is 0.182. The van der Waals surface area contributed by atoms with Crippen molar-refractivity contribution in [2.75, 3.05) is 12.3 Å². The van der Waals surface area contributed by atoms with Crippen LogP contribution >= 0.6 is 0 Å². The molecular weight excluding hydrogens is 310 g/mol. The molecule has 1 aromatic heterocycles. The third-order valence-electron chi connectivity index (χ3n) is 4.91. The van der Waals surface area contributed by atoms with E-state index in [2.05, 4.69) is 35.4 Å². The van der Waals surface area contributed by atoms with Crippen molar-refractivity contribution in [2.24, 2.45) is 0 Å². The summed E-state index contributed by atoms with van der Waals surface area (Å²) in [5.74, 6) is 1.45. The van der Waals surface area contributed by atoms with E-state index in [-0.39, 0.29) is 6.10 Å². The third-order valence-corrected chi connectivity index (χ3v) is 4.91. The van der Waals surface area contributed by atoms with Crippen molar-refractivity contribution in [3.8, 4) is 17.0 Å². The standard InChI is InChI=1S/C21H23N3O/c1-14(18-9-5-13-23-18)25-20-12-11-16(15-6-2-3-7-17(15)20)19-8-4-10-21(22)24-19/h2-4,6-8,10-12,14,18,23H,5,9,13H2,1H3,(H2,22,24). The number of nitrogens with zero attached hydrogens (tertiary/aromatic N) is 1. The van der Waals surface area contributed by atoms with Crippen molar-refractivity contribution in [3.05, 3.63) is 54.6 Å². The Hall–Kier alpha value is -2.59. The van der Waals surface area contributed by atoms with Crippen LogP contribution in [0, 0.1) is 0 Å². The van der Waals surface area contributed by atoms with E-state index in [1.54, 1.807) is 6.07 Å². The molecule has 25 heavy (non-hydrogen) atoms. The molecule has 2 aromatic carbocycles. The minimum absolute atomic E-state index is 0.141. The Labute approximate surface area is 148 Å². The molecule has 0 saturated carbocycles. The smallest absolute Gasteiger partial charge is 0.127 e. The molecule has 1 saturated heterocycles. The predicted molar refractivity (Wildman–Crippen MR) is 103 cm³/mol. The van der Waals surface area contributed by atoms with Crippen LogP contribution < -0.4 is 15.8 Å². The summed E-state index contributed by atoms with van der Waals surface area (Å²) < 4.78 is 6.32. The molecule has 3 N–H and O–H groups in total. The first kappa shape index (κ1) is 15.9. The number of hydrogen-bond acceptors (Lipinski definition) is 4. The van der Waals surface area contributed by atoms with Crippen molar-refractivity contribution >= 4 is 16.6 Å². The fraction of sp³-hybridized carbons (Fsp3) is 0.286. The minimum atomic E-state index is 0.141. The zero-order chi connectivity index (χ0) is 17.2. The maximum atomic E-state index is 6.32. The molecule has 128 valence electrons. The fourth-order valence-corrected chi connectivity index (χ4v) is 3.59. The minimum Gasteiger partial charge on any atom is -0.488 e. The summed E-state index contributed by atoms with van der Waals surface area (Å²) in [6.07, 6.45) is 2.53. The number of ether oxygens (including phenoxy) is 1. The highest BCUT2D eigenvalue weighted by atomic mass is 16.5. The van der Waals surface area contributed by atoms with Gasteiger partial charge in [0.25, 0.3) is 0 Å². The maximum absolute atomic E-state index is 6.32. The SMILES string of the molecule is CC(Oc1ccc(-c2cccc(N)n2)c2ccccc12)C1CCCN1. The molecule has 2 unspecified atom stereocenters. The van der Waals surface area contributed by atoms with E-state index in [0.717, 1.165) is 34.3 Å². The van der Waals surface area contributed by atoms with Crippen molar-refractivity contribution < 1.29 is 4.74 Å². The molecule has 4 rings (SSSR count). The van der Waals surface area contributed by atoms with Crippen LogP contribution in [0.1, 0.15) is 19.8 Å². The van der Waals surface area contributed by atoms with Crippen LogP contribution in [0.15, 0.2) is 54.6 Å². The van der Waals surface area contributed by atoms with E-state index >= 15 is 0 Å². The lowest BCUT2D eigenvalue weighted by atomic mass is 10.0. The molecular formula is C21H23N3O. The van der Waals surface area contributed by atoms with Crippen LogP contribution in [-0.4, -0.2) is 23.7 Å². The van der Waals surface area contributed by atoms with Gasteiger partial charge in [-0.25, -0.2) is 4.98 Å². The van der Waals surface area contributed by atoms with Gasteiger partial charge in [0.05, 0.1) is 5.69 Å². The molecule has 1 aliphatic rings. The number of rotatable bonds is 4. The summed E-state index contributed by atoms with van der Waals surface area (Å²) in [6, 6.07) is 18.6. The van der Waals surface area contributed by atoms with Gasteiger partial charge in [-0.3, -0.25) is 0 Å². The van der Waals surface area contributed by atoms with E-state index < -0.39 is 0 Å². The molecule has 0 spiro atoms. The number of hydrogen-bond donors (Lipinski definition) is 2. The number of aromatic nitrogens is 1. The van der Waals surface area contributed by atoms with Gasteiger partial charge in [-0.15, -0.1) is 0 Å². The second-order valence-corrected chi connectivity index (χ2v) is 6.63. The Kier molecular flexibility index (Phi) is 4.28. The van der Waals surface area contributed by atoms with Gasteiger partial charge in [0.1, 0.15) is 17.7 Å². The molecule has 1 fully saturated rings. The molecule has 2 heterocycles. The van der Waals surface area contributed by atoms with Gasteiger partial charge in [0, 0.05) is 17.0 Å². The van der Waals surface area contributed by atoms with Gasteiger partial charge >= 0.3 is 0 Å². The van der Waals surface area contributed by atoms with Gasteiger partial charge < -0.3 is 15.8 Å². The van der Waals surface area contributed by atoms with Crippen molar-refractivity contribution in [2.45, 2.75) is 31.9 Å². The number of anilines is 1. The third kappa shape index (κ3) is 3.17. The summed E-state index contributed by atoms with van der Waals surface area (Å²) >= 11 is 0. The molecule has 4 heteroatoms. The zero-order valence-corrected chi connectivity index (χ0v) is 14.4. The molecule has 0 aliphatic carbocycles. The molecule has 0 bridgehead atoms. The van der Waals surface area contributed by atoms with Crippen LogP contribution in [0.5, 0.6) is 5.75 Å². The summed E-state index contributed by atoms with van der Waals surface area (Å²) in [7, 11) is 0. The van der Waals surface area contributed by atoms with Gasteiger partial charge in [0.15, 0.2) is 0 Å². The quantitative estimate of drug-likeness (QED) is 0.757. The molecule has 0 radical (unpaired) electrons. The Bertz CT molecular complexity index is 887. The van der Waals surface area contributed by atoms with Crippen molar-refractivity contribution in [1.29, 1.82) is 0 Å². The summed E-state index contributed by atoms with van der Waals surface area (Å²) in [6.45, 7) is 3.23. The zero-order valence-electron chi connectivity index (χ0n) is 14.4. The van der Waals surface area contributed by atoms with E-state index in [4.69, 9.17) is 10.5 Å². The van der Waals surface area contributed by atoms with E-state index in [1.807, 2.05) is 30.3 Å². The Morgan fingerprint density at radius 1 is 1.08 bits per heavy atom. The lowest BCUT2D eigenvalue weighted by Gasteiger charge is -2.22. The first-order valence-corrected chi connectivity index (χ1v) is 8.87. The van der Waals surface area contributed by atoms with Crippen LogP contribution in [0.25, 0.3) is 22.0 Å². The first-order chi connectivity index (χ1) is 12.2. The average Bonchev–Trinajstić information content (AvgIpc) is 3.17. The molecule has 3 aromatic rings. The molecule has 0 amide bonds. The van der Waals surface area contributed by atoms with Crippen LogP contribution in [-0.2, 0) is 0 Å². The Morgan fingerprint density at radius 2 is 1.92 bits per heavy atom. The van der Waals surface area contributed by atoms with Crippen LogP contribution in [0.3, 0.4) is 0 Å². The van der Waals surface area contributed by atoms with Crippen molar-refractivity contribution in [1.82, 2.24) is 10.3 Å². The molecule has 2 atom stereocenters. The van der Waals surface area contributed by atoms with Crippen LogP contribution in [0.2, 0.25) is 0 Å². The Balaban J connectivity index is 1.74. The van der Waals surface area contributed by atoms with E-state index in [0.29, 0.717) is 11.9 Å². The highest BCUT2D eigenvalue weighted by molar-refractivity contribution is 5.99. The lowest BCUT2D eigenvalue weighted by Crippen LogP contribution is -2.36. The average molecular weight is 333 g/mol.